The largest absolute Gasteiger partial charge is 0.385 e. The number of benzene rings is 1. The molecule has 1 atom stereocenters. The molecular weight excluding hydrogens is 250 g/mol. The lowest BCUT2D eigenvalue weighted by molar-refractivity contribution is 0.597. The molecule has 0 amide bonds. The molecule has 1 aromatic carbocycles. The van der Waals surface area contributed by atoms with E-state index in [1.807, 2.05) is 12.1 Å². The number of nitriles is 1. The molecule has 0 radical (unpaired) electrons. The molecule has 1 aromatic rings. The van der Waals surface area contributed by atoms with Crippen LogP contribution in [-0.4, -0.2) is 20.2 Å². The van der Waals surface area contributed by atoms with Crippen LogP contribution >= 0.6 is 0 Å². The molecular formula is C12H15N3O2S. The van der Waals surface area contributed by atoms with E-state index in [9.17, 15) is 8.42 Å². The van der Waals surface area contributed by atoms with E-state index < -0.39 is 15.3 Å². The molecule has 0 fully saturated rings. The Morgan fingerprint density at radius 2 is 2.28 bits per heavy atom. The SMILES string of the molecule is CC(C#N)S(=O)(=O)Nc1ccc2c(c1)CCCN2. The molecule has 18 heavy (non-hydrogen) atoms. The molecule has 0 bridgehead atoms. The molecule has 0 saturated heterocycles. The average Bonchev–Trinajstić information content (AvgIpc) is 2.37. The van der Waals surface area contributed by atoms with Crippen LogP contribution in [0.4, 0.5) is 11.4 Å². The minimum atomic E-state index is -3.62. The van der Waals surface area contributed by atoms with Crippen LogP contribution in [-0.2, 0) is 16.4 Å². The first kappa shape index (κ1) is 12.7. The summed E-state index contributed by atoms with van der Waals surface area (Å²) in [4.78, 5) is 0. The second-order valence-electron chi connectivity index (χ2n) is 4.32. The van der Waals surface area contributed by atoms with Gasteiger partial charge in [-0.05, 0) is 43.5 Å². The van der Waals surface area contributed by atoms with Crippen LogP contribution in [0, 0.1) is 11.3 Å². The Kier molecular flexibility index (Phi) is 3.43. The maximum atomic E-state index is 11.7. The van der Waals surface area contributed by atoms with Gasteiger partial charge in [0.15, 0.2) is 5.25 Å². The monoisotopic (exact) mass is 265 g/mol. The fourth-order valence-corrected chi connectivity index (χ4v) is 2.63. The van der Waals surface area contributed by atoms with E-state index in [1.54, 1.807) is 12.1 Å². The Morgan fingerprint density at radius 3 is 3.00 bits per heavy atom. The van der Waals surface area contributed by atoms with E-state index in [0.717, 1.165) is 30.6 Å². The van der Waals surface area contributed by atoms with Crippen molar-refractivity contribution in [2.75, 3.05) is 16.6 Å². The van der Waals surface area contributed by atoms with Crippen molar-refractivity contribution in [2.45, 2.75) is 25.0 Å². The highest BCUT2D eigenvalue weighted by Gasteiger charge is 2.20. The highest BCUT2D eigenvalue weighted by molar-refractivity contribution is 7.93. The van der Waals surface area contributed by atoms with E-state index in [1.165, 1.54) is 6.92 Å². The van der Waals surface area contributed by atoms with Crippen LogP contribution < -0.4 is 10.0 Å². The van der Waals surface area contributed by atoms with E-state index in [2.05, 4.69) is 10.0 Å². The van der Waals surface area contributed by atoms with Crippen molar-refractivity contribution in [3.63, 3.8) is 0 Å². The Morgan fingerprint density at radius 1 is 1.50 bits per heavy atom. The van der Waals surface area contributed by atoms with Gasteiger partial charge >= 0.3 is 0 Å². The van der Waals surface area contributed by atoms with Crippen molar-refractivity contribution >= 4 is 21.4 Å². The third-order valence-corrected chi connectivity index (χ3v) is 4.51. The molecule has 1 aliphatic rings. The van der Waals surface area contributed by atoms with Gasteiger partial charge in [0, 0.05) is 17.9 Å². The summed E-state index contributed by atoms with van der Waals surface area (Å²) in [7, 11) is -3.62. The van der Waals surface area contributed by atoms with Crippen LogP contribution in [0.15, 0.2) is 18.2 Å². The molecule has 0 aliphatic carbocycles. The summed E-state index contributed by atoms with van der Waals surface area (Å²) < 4.78 is 25.9. The third-order valence-electron chi connectivity index (χ3n) is 2.95. The van der Waals surface area contributed by atoms with Gasteiger partial charge in [0.1, 0.15) is 0 Å². The number of hydrogen-bond donors (Lipinski definition) is 2. The smallest absolute Gasteiger partial charge is 0.248 e. The first-order chi connectivity index (χ1) is 8.53. The zero-order chi connectivity index (χ0) is 13.2. The fraction of sp³-hybridized carbons (Fsp3) is 0.417. The molecule has 1 aliphatic heterocycles. The minimum Gasteiger partial charge on any atom is -0.385 e. The molecule has 1 heterocycles. The fourth-order valence-electron chi connectivity index (χ4n) is 1.86. The first-order valence-electron chi connectivity index (χ1n) is 5.81. The van der Waals surface area contributed by atoms with Crippen LogP contribution in [0.2, 0.25) is 0 Å². The van der Waals surface area contributed by atoms with Crippen molar-refractivity contribution < 1.29 is 8.42 Å². The van der Waals surface area contributed by atoms with Gasteiger partial charge in [-0.2, -0.15) is 5.26 Å². The highest BCUT2D eigenvalue weighted by Crippen LogP contribution is 2.25. The van der Waals surface area contributed by atoms with Gasteiger partial charge < -0.3 is 5.32 Å². The van der Waals surface area contributed by atoms with Gasteiger partial charge in [-0.15, -0.1) is 0 Å². The van der Waals surface area contributed by atoms with E-state index in [-0.39, 0.29) is 0 Å². The maximum Gasteiger partial charge on any atom is 0.248 e. The topological polar surface area (TPSA) is 82.0 Å². The van der Waals surface area contributed by atoms with Crippen molar-refractivity contribution in [1.29, 1.82) is 5.26 Å². The summed E-state index contributed by atoms with van der Waals surface area (Å²) >= 11 is 0. The predicted molar refractivity (Wildman–Crippen MR) is 70.9 cm³/mol. The molecule has 6 heteroatoms. The molecule has 2 rings (SSSR count). The number of anilines is 2. The van der Waals surface area contributed by atoms with Gasteiger partial charge in [-0.3, -0.25) is 4.72 Å². The Hall–Kier alpha value is -1.74. The summed E-state index contributed by atoms with van der Waals surface area (Å²) in [5.41, 5.74) is 2.67. The zero-order valence-electron chi connectivity index (χ0n) is 10.1. The lowest BCUT2D eigenvalue weighted by Crippen LogP contribution is -2.24. The van der Waals surface area contributed by atoms with Gasteiger partial charge in [-0.1, -0.05) is 0 Å². The van der Waals surface area contributed by atoms with Gasteiger partial charge in [0.2, 0.25) is 10.0 Å². The van der Waals surface area contributed by atoms with Crippen LogP contribution in [0.1, 0.15) is 18.9 Å². The maximum absolute atomic E-state index is 11.7. The van der Waals surface area contributed by atoms with Crippen LogP contribution in [0.25, 0.3) is 0 Å². The van der Waals surface area contributed by atoms with Crippen LogP contribution in [0.5, 0.6) is 0 Å². The molecule has 0 spiro atoms. The minimum absolute atomic E-state index is 0.513. The Labute approximate surface area is 107 Å². The van der Waals surface area contributed by atoms with Crippen molar-refractivity contribution in [2.24, 2.45) is 0 Å². The lowest BCUT2D eigenvalue weighted by atomic mass is 10.0. The summed E-state index contributed by atoms with van der Waals surface area (Å²) in [5.74, 6) is 0. The molecule has 0 aromatic heterocycles. The number of rotatable bonds is 3. The zero-order valence-corrected chi connectivity index (χ0v) is 10.9. The predicted octanol–water partition coefficient (Wildman–Crippen LogP) is 1.70. The van der Waals surface area contributed by atoms with Crippen molar-refractivity contribution in [3.05, 3.63) is 23.8 Å². The summed E-state index contributed by atoms with van der Waals surface area (Å²) in [6.45, 7) is 2.31. The molecule has 1 unspecified atom stereocenters. The lowest BCUT2D eigenvalue weighted by Gasteiger charge is -2.19. The highest BCUT2D eigenvalue weighted by atomic mass is 32.2. The molecule has 0 saturated carbocycles. The van der Waals surface area contributed by atoms with E-state index in [4.69, 9.17) is 5.26 Å². The molecule has 96 valence electrons. The number of aryl methyl sites for hydroxylation is 1. The quantitative estimate of drug-likeness (QED) is 0.871. The second kappa shape index (κ2) is 4.86. The van der Waals surface area contributed by atoms with Crippen molar-refractivity contribution in [1.82, 2.24) is 0 Å². The standard InChI is InChI=1S/C12H15N3O2S/c1-9(8-13)18(16,17)15-11-4-5-12-10(7-11)3-2-6-14-12/h4-5,7,9,14-15H,2-3,6H2,1H3. The summed E-state index contributed by atoms with van der Waals surface area (Å²) in [5, 5.41) is 10.9. The number of hydrogen-bond acceptors (Lipinski definition) is 4. The Balaban J connectivity index is 2.23. The van der Waals surface area contributed by atoms with Gasteiger partial charge in [0.05, 0.1) is 6.07 Å². The number of sulfonamides is 1. The first-order valence-corrected chi connectivity index (χ1v) is 7.35. The molecule has 2 N–H and O–H groups in total. The van der Waals surface area contributed by atoms with E-state index >= 15 is 0 Å². The number of nitrogens with zero attached hydrogens (tertiary/aromatic N) is 1. The van der Waals surface area contributed by atoms with Crippen LogP contribution in [0.3, 0.4) is 0 Å². The van der Waals surface area contributed by atoms with Crippen molar-refractivity contribution in [3.8, 4) is 6.07 Å². The average molecular weight is 265 g/mol. The second-order valence-corrected chi connectivity index (χ2v) is 6.32. The summed E-state index contributed by atoms with van der Waals surface area (Å²) in [6.07, 6.45) is 1.98. The summed E-state index contributed by atoms with van der Waals surface area (Å²) in [6, 6.07) is 7.12. The Bertz CT molecular complexity index is 590. The van der Waals surface area contributed by atoms with Gasteiger partial charge in [0.25, 0.3) is 0 Å². The van der Waals surface area contributed by atoms with E-state index in [0.29, 0.717) is 5.69 Å². The third kappa shape index (κ3) is 2.57. The number of nitrogens with one attached hydrogen (secondary N) is 2. The normalized spacial score (nSPS) is 16.0. The number of fused-ring (bicyclic) bond motifs is 1. The molecule has 5 nitrogen and oxygen atoms in total. The van der Waals surface area contributed by atoms with Gasteiger partial charge in [-0.25, -0.2) is 8.42 Å².